The number of hydrogen-bond acceptors (Lipinski definition) is 6. The Kier molecular flexibility index (Phi) is 5.18. The third kappa shape index (κ3) is 4.02. The van der Waals surface area contributed by atoms with Crippen LogP contribution in [0.5, 0.6) is 5.75 Å². The van der Waals surface area contributed by atoms with Crippen molar-refractivity contribution >= 4 is 44.6 Å². The first kappa shape index (κ1) is 19.9. The van der Waals surface area contributed by atoms with Gasteiger partial charge in [0.25, 0.3) is 11.6 Å². The molecule has 0 saturated heterocycles. The number of nitro groups is 1. The molecule has 1 aliphatic rings. The van der Waals surface area contributed by atoms with Gasteiger partial charge in [0.15, 0.2) is 6.10 Å². The van der Waals surface area contributed by atoms with Crippen LogP contribution in [-0.4, -0.2) is 38.2 Å². The van der Waals surface area contributed by atoms with Crippen LogP contribution >= 0.6 is 11.6 Å². The van der Waals surface area contributed by atoms with E-state index in [0.717, 1.165) is 10.6 Å². The van der Waals surface area contributed by atoms with E-state index in [2.05, 4.69) is 5.32 Å². The highest BCUT2D eigenvalue weighted by Crippen LogP contribution is 2.37. The molecule has 0 fully saturated rings. The lowest BCUT2D eigenvalue weighted by atomic mass is 10.1. The number of non-ortho nitro benzene ring substituents is 1. The van der Waals surface area contributed by atoms with Crippen LogP contribution in [0, 0.1) is 17.0 Å². The number of amides is 1. The molecule has 0 saturated carbocycles. The zero-order valence-corrected chi connectivity index (χ0v) is 16.5. The number of ether oxygens (including phenoxy) is 1. The lowest BCUT2D eigenvalue weighted by molar-refractivity contribution is -0.384. The number of halogens is 1. The Balaban J connectivity index is 1.90. The van der Waals surface area contributed by atoms with Gasteiger partial charge < -0.3 is 10.1 Å². The van der Waals surface area contributed by atoms with E-state index in [1.807, 2.05) is 0 Å². The standard InChI is InChI=1S/C17H16ClN3O6S/c1-10-3-5-12(21(23)24)8-13(10)19-17(22)16-9-20(28(2,25)26)14-7-11(18)4-6-15(14)27-16/h3-8,16H,9H2,1-2H3,(H,19,22)/t16-/m0/s1. The largest absolute Gasteiger partial charge is 0.476 e. The predicted octanol–water partition coefficient (Wildman–Crippen LogP) is 2.72. The van der Waals surface area contributed by atoms with E-state index in [0.29, 0.717) is 10.6 Å². The molecule has 1 atom stereocenters. The average Bonchev–Trinajstić information content (AvgIpc) is 2.61. The average molecular weight is 426 g/mol. The normalized spacial score (nSPS) is 16.1. The summed E-state index contributed by atoms with van der Waals surface area (Å²) in [6.45, 7) is 1.42. The molecular weight excluding hydrogens is 410 g/mol. The van der Waals surface area contributed by atoms with Gasteiger partial charge in [0, 0.05) is 17.2 Å². The summed E-state index contributed by atoms with van der Waals surface area (Å²) < 4.78 is 31.1. The summed E-state index contributed by atoms with van der Waals surface area (Å²) in [6, 6.07) is 8.51. The van der Waals surface area contributed by atoms with Crippen LogP contribution in [0.4, 0.5) is 17.1 Å². The molecule has 1 amide bonds. The molecule has 11 heteroatoms. The maximum Gasteiger partial charge on any atom is 0.271 e. The van der Waals surface area contributed by atoms with Crippen molar-refractivity contribution in [2.75, 3.05) is 22.4 Å². The van der Waals surface area contributed by atoms with E-state index in [1.54, 1.807) is 6.92 Å². The Bertz CT molecular complexity index is 1070. The smallest absolute Gasteiger partial charge is 0.271 e. The van der Waals surface area contributed by atoms with Crippen LogP contribution in [0.15, 0.2) is 36.4 Å². The SMILES string of the molecule is Cc1ccc([N+](=O)[O-])cc1NC(=O)[C@@H]1CN(S(C)(=O)=O)c2cc(Cl)ccc2O1. The predicted molar refractivity (Wildman–Crippen MR) is 105 cm³/mol. The van der Waals surface area contributed by atoms with Crippen LogP contribution < -0.4 is 14.4 Å². The Labute approximate surface area is 166 Å². The third-order valence-corrected chi connectivity index (χ3v) is 5.55. The highest BCUT2D eigenvalue weighted by Gasteiger charge is 2.35. The van der Waals surface area contributed by atoms with Crippen LogP contribution in [-0.2, 0) is 14.8 Å². The molecular formula is C17H16ClN3O6S. The van der Waals surface area contributed by atoms with Gasteiger partial charge in [0.2, 0.25) is 10.0 Å². The summed E-state index contributed by atoms with van der Waals surface area (Å²) in [6.07, 6.45) is -0.134. The van der Waals surface area contributed by atoms with Gasteiger partial charge in [0.1, 0.15) is 5.75 Å². The number of carbonyl (C=O) groups is 1. The molecule has 148 valence electrons. The molecule has 1 N–H and O–H groups in total. The Hall–Kier alpha value is -2.85. The quantitative estimate of drug-likeness (QED) is 0.594. The molecule has 0 bridgehead atoms. The number of nitrogens with one attached hydrogen (secondary N) is 1. The molecule has 0 spiro atoms. The fourth-order valence-electron chi connectivity index (χ4n) is 2.75. The van der Waals surface area contributed by atoms with Crippen LogP contribution in [0.1, 0.15) is 5.56 Å². The number of carbonyl (C=O) groups excluding carboxylic acids is 1. The molecule has 1 heterocycles. The number of nitrogens with zero attached hydrogens (tertiary/aromatic N) is 2. The first-order valence-electron chi connectivity index (χ1n) is 8.06. The van der Waals surface area contributed by atoms with Gasteiger partial charge in [0.05, 0.1) is 29.1 Å². The summed E-state index contributed by atoms with van der Waals surface area (Å²) in [5.41, 5.74) is 0.923. The van der Waals surface area contributed by atoms with Crippen molar-refractivity contribution < 1.29 is 22.9 Å². The highest BCUT2D eigenvalue weighted by molar-refractivity contribution is 7.92. The molecule has 2 aromatic carbocycles. The zero-order valence-electron chi connectivity index (χ0n) is 14.9. The second-order valence-electron chi connectivity index (χ2n) is 6.26. The van der Waals surface area contributed by atoms with Crippen molar-refractivity contribution in [1.29, 1.82) is 0 Å². The maximum absolute atomic E-state index is 12.7. The molecule has 0 aliphatic carbocycles. The first-order valence-corrected chi connectivity index (χ1v) is 10.3. The van der Waals surface area contributed by atoms with Crippen molar-refractivity contribution in [3.05, 3.63) is 57.1 Å². The van der Waals surface area contributed by atoms with Gasteiger partial charge in [-0.05, 0) is 30.7 Å². The van der Waals surface area contributed by atoms with Crippen molar-refractivity contribution in [2.24, 2.45) is 0 Å². The van der Waals surface area contributed by atoms with E-state index in [1.165, 1.54) is 36.4 Å². The minimum absolute atomic E-state index is 0.178. The molecule has 0 radical (unpaired) electrons. The fourth-order valence-corrected chi connectivity index (χ4v) is 3.82. The second-order valence-corrected chi connectivity index (χ2v) is 8.60. The number of aryl methyl sites for hydroxylation is 1. The maximum atomic E-state index is 12.7. The number of hydrogen-bond donors (Lipinski definition) is 1. The summed E-state index contributed by atoms with van der Waals surface area (Å²) in [4.78, 5) is 23.1. The highest BCUT2D eigenvalue weighted by atomic mass is 35.5. The third-order valence-electron chi connectivity index (χ3n) is 4.17. The minimum Gasteiger partial charge on any atom is -0.476 e. The summed E-state index contributed by atoms with van der Waals surface area (Å²) in [7, 11) is -3.70. The number of fused-ring (bicyclic) bond motifs is 1. The van der Waals surface area contributed by atoms with Crippen molar-refractivity contribution in [1.82, 2.24) is 0 Å². The van der Waals surface area contributed by atoms with E-state index >= 15 is 0 Å². The molecule has 0 unspecified atom stereocenters. The number of sulfonamides is 1. The lowest BCUT2D eigenvalue weighted by Gasteiger charge is -2.34. The Morgan fingerprint density at radius 2 is 2.04 bits per heavy atom. The number of benzene rings is 2. The summed E-state index contributed by atoms with van der Waals surface area (Å²) in [5, 5.41) is 13.9. The van der Waals surface area contributed by atoms with Gasteiger partial charge in [-0.2, -0.15) is 0 Å². The van der Waals surface area contributed by atoms with Gasteiger partial charge in [-0.1, -0.05) is 17.7 Å². The summed E-state index contributed by atoms with van der Waals surface area (Å²) >= 11 is 5.94. The molecule has 0 aromatic heterocycles. The molecule has 28 heavy (non-hydrogen) atoms. The zero-order chi connectivity index (χ0) is 20.6. The topological polar surface area (TPSA) is 119 Å². The first-order chi connectivity index (χ1) is 13.1. The van der Waals surface area contributed by atoms with Crippen LogP contribution in [0.25, 0.3) is 0 Å². The lowest BCUT2D eigenvalue weighted by Crippen LogP contribution is -2.48. The van der Waals surface area contributed by atoms with Crippen LogP contribution in [0.3, 0.4) is 0 Å². The molecule has 1 aliphatic heterocycles. The van der Waals surface area contributed by atoms with Gasteiger partial charge in [-0.15, -0.1) is 0 Å². The molecule has 2 aromatic rings. The number of anilines is 2. The van der Waals surface area contributed by atoms with Crippen molar-refractivity contribution in [3.63, 3.8) is 0 Å². The number of rotatable bonds is 4. The van der Waals surface area contributed by atoms with Crippen molar-refractivity contribution in [2.45, 2.75) is 13.0 Å². The molecule has 3 rings (SSSR count). The van der Waals surface area contributed by atoms with E-state index in [9.17, 15) is 23.3 Å². The Morgan fingerprint density at radius 1 is 1.32 bits per heavy atom. The van der Waals surface area contributed by atoms with E-state index in [4.69, 9.17) is 16.3 Å². The van der Waals surface area contributed by atoms with Gasteiger partial charge in [-0.25, -0.2) is 8.42 Å². The minimum atomic E-state index is -3.70. The Morgan fingerprint density at radius 3 is 2.68 bits per heavy atom. The monoisotopic (exact) mass is 425 g/mol. The molecule has 9 nitrogen and oxygen atoms in total. The van der Waals surface area contributed by atoms with Gasteiger partial charge in [-0.3, -0.25) is 19.2 Å². The van der Waals surface area contributed by atoms with Crippen LogP contribution in [0.2, 0.25) is 5.02 Å². The van der Waals surface area contributed by atoms with E-state index < -0.39 is 27.0 Å². The van der Waals surface area contributed by atoms with Crippen molar-refractivity contribution in [3.8, 4) is 5.75 Å². The van der Waals surface area contributed by atoms with Gasteiger partial charge >= 0.3 is 0 Å². The summed E-state index contributed by atoms with van der Waals surface area (Å²) in [5.74, 6) is -0.435. The second kappa shape index (κ2) is 7.28. The number of nitro benzene ring substituents is 1. The van der Waals surface area contributed by atoms with E-state index in [-0.39, 0.29) is 29.4 Å². The fraction of sp³-hybridized carbons (Fsp3) is 0.235.